The van der Waals surface area contributed by atoms with E-state index >= 15 is 0 Å². The first-order chi connectivity index (χ1) is 11.6. The van der Waals surface area contributed by atoms with Gasteiger partial charge in [-0.1, -0.05) is 0 Å². The van der Waals surface area contributed by atoms with Crippen molar-refractivity contribution in [2.24, 2.45) is 0 Å². The van der Waals surface area contributed by atoms with Crippen LogP contribution in [0.2, 0.25) is 0 Å². The average Bonchev–Trinajstić information content (AvgIpc) is 3.18. The summed E-state index contributed by atoms with van der Waals surface area (Å²) in [6.07, 6.45) is 6.15. The number of H-pyrrole nitrogens is 1. The molecule has 2 aromatic heterocycles. The normalized spacial score (nSPS) is 17.2. The number of likely N-dealkylation sites (tertiary alicyclic amines) is 1. The van der Waals surface area contributed by atoms with Gasteiger partial charge >= 0.3 is 6.03 Å². The molecule has 1 aliphatic rings. The molecule has 8 nitrogen and oxygen atoms in total. The number of carbonyl (C=O) groups is 1. The van der Waals surface area contributed by atoms with Gasteiger partial charge in [-0.25, -0.2) is 9.78 Å². The molecule has 0 aliphatic carbocycles. The average molecular weight is 330 g/mol. The van der Waals surface area contributed by atoms with Gasteiger partial charge in [0.15, 0.2) is 0 Å². The molecule has 1 atom stereocenters. The summed E-state index contributed by atoms with van der Waals surface area (Å²) < 4.78 is 1.86. The second-order valence-corrected chi connectivity index (χ2v) is 6.03. The zero-order valence-electron chi connectivity index (χ0n) is 13.7. The first kappa shape index (κ1) is 16.2. The smallest absolute Gasteiger partial charge is 0.317 e. The van der Waals surface area contributed by atoms with Gasteiger partial charge < -0.3 is 15.2 Å². The Morgan fingerprint density at radius 2 is 2.38 bits per heavy atom. The Hall–Kier alpha value is -2.64. The molecule has 0 spiro atoms. The highest BCUT2D eigenvalue weighted by Gasteiger charge is 2.28. The van der Waals surface area contributed by atoms with E-state index in [1.165, 1.54) is 6.07 Å². The van der Waals surface area contributed by atoms with Crippen molar-refractivity contribution < 1.29 is 4.79 Å². The van der Waals surface area contributed by atoms with Crippen LogP contribution in [-0.2, 0) is 13.0 Å². The van der Waals surface area contributed by atoms with E-state index in [0.29, 0.717) is 31.0 Å². The number of hydrogen-bond donors (Lipinski definition) is 2. The lowest BCUT2D eigenvalue weighted by Crippen LogP contribution is -2.45. The van der Waals surface area contributed by atoms with Gasteiger partial charge in [0.25, 0.3) is 5.56 Å². The molecule has 2 aromatic rings. The fourth-order valence-corrected chi connectivity index (χ4v) is 3.07. The first-order valence-electron chi connectivity index (χ1n) is 8.20. The summed E-state index contributed by atoms with van der Waals surface area (Å²) in [5.41, 5.74) is 0.515. The van der Waals surface area contributed by atoms with E-state index in [2.05, 4.69) is 20.4 Å². The van der Waals surface area contributed by atoms with E-state index in [4.69, 9.17) is 0 Å². The highest BCUT2D eigenvalue weighted by molar-refractivity contribution is 5.74. The maximum atomic E-state index is 12.4. The summed E-state index contributed by atoms with van der Waals surface area (Å²) in [7, 11) is 0. The maximum Gasteiger partial charge on any atom is 0.317 e. The zero-order chi connectivity index (χ0) is 16.9. The molecule has 2 N–H and O–H groups in total. The Balaban J connectivity index is 1.51. The summed E-state index contributed by atoms with van der Waals surface area (Å²) in [5.74, 6) is 0.592. The van der Waals surface area contributed by atoms with Crippen LogP contribution in [0.25, 0.3) is 0 Å². The number of nitrogens with one attached hydrogen (secondary N) is 2. The molecule has 0 saturated carbocycles. The van der Waals surface area contributed by atoms with Crippen molar-refractivity contribution in [1.29, 1.82) is 0 Å². The van der Waals surface area contributed by atoms with Gasteiger partial charge in [0.05, 0.1) is 12.6 Å². The molecule has 1 aliphatic heterocycles. The molecule has 1 fully saturated rings. The zero-order valence-corrected chi connectivity index (χ0v) is 13.7. The first-order valence-corrected chi connectivity index (χ1v) is 8.20. The number of aromatic nitrogens is 4. The molecule has 128 valence electrons. The van der Waals surface area contributed by atoms with Crippen LogP contribution in [0.15, 0.2) is 29.3 Å². The number of urea groups is 1. The van der Waals surface area contributed by atoms with Crippen LogP contribution >= 0.6 is 0 Å². The Labute approximate surface area is 139 Å². The van der Waals surface area contributed by atoms with Crippen molar-refractivity contribution in [3.63, 3.8) is 0 Å². The minimum atomic E-state index is -0.164. The van der Waals surface area contributed by atoms with Crippen molar-refractivity contribution in [2.75, 3.05) is 13.1 Å². The fourth-order valence-electron chi connectivity index (χ4n) is 3.07. The molecule has 24 heavy (non-hydrogen) atoms. The summed E-state index contributed by atoms with van der Waals surface area (Å²) in [4.78, 5) is 32.6. The molecule has 3 heterocycles. The largest absolute Gasteiger partial charge is 0.338 e. The lowest BCUT2D eigenvalue weighted by atomic mass is 10.2. The highest BCUT2D eigenvalue weighted by atomic mass is 16.2. The van der Waals surface area contributed by atoms with Gasteiger partial charge in [-0.05, 0) is 25.8 Å². The predicted molar refractivity (Wildman–Crippen MR) is 88.7 cm³/mol. The summed E-state index contributed by atoms with van der Waals surface area (Å²) in [6, 6.07) is 3.43. The van der Waals surface area contributed by atoms with Gasteiger partial charge in [-0.15, -0.1) is 0 Å². The Morgan fingerprint density at radius 3 is 3.12 bits per heavy atom. The van der Waals surface area contributed by atoms with Crippen LogP contribution in [0.3, 0.4) is 0 Å². The Bertz CT molecular complexity index is 739. The van der Waals surface area contributed by atoms with Crippen molar-refractivity contribution in [1.82, 2.24) is 30.0 Å². The fraction of sp³-hybridized carbons (Fsp3) is 0.500. The molecule has 0 aromatic carbocycles. The van der Waals surface area contributed by atoms with Gasteiger partial charge in [0.1, 0.15) is 5.82 Å². The molecule has 0 radical (unpaired) electrons. The van der Waals surface area contributed by atoms with Crippen molar-refractivity contribution >= 4 is 6.03 Å². The maximum absolute atomic E-state index is 12.4. The van der Waals surface area contributed by atoms with Crippen molar-refractivity contribution in [2.45, 2.75) is 38.8 Å². The van der Waals surface area contributed by atoms with Gasteiger partial charge in [-0.2, -0.15) is 5.10 Å². The van der Waals surface area contributed by atoms with Crippen LogP contribution in [0.1, 0.15) is 24.4 Å². The molecule has 3 rings (SSSR count). The molecule has 0 unspecified atom stereocenters. The molecule has 8 heteroatoms. The summed E-state index contributed by atoms with van der Waals surface area (Å²) >= 11 is 0. The van der Waals surface area contributed by atoms with Crippen LogP contribution in [0.5, 0.6) is 0 Å². The molecule has 2 amide bonds. The van der Waals surface area contributed by atoms with Crippen LogP contribution < -0.4 is 10.9 Å². The van der Waals surface area contributed by atoms with E-state index in [1.807, 2.05) is 21.8 Å². The van der Waals surface area contributed by atoms with E-state index in [1.54, 1.807) is 13.1 Å². The minimum Gasteiger partial charge on any atom is -0.338 e. The summed E-state index contributed by atoms with van der Waals surface area (Å²) in [5, 5.41) is 7.12. The summed E-state index contributed by atoms with van der Waals surface area (Å²) in [6.45, 7) is 3.70. The molecule has 0 bridgehead atoms. The lowest BCUT2D eigenvalue weighted by molar-refractivity contribution is 0.186. The minimum absolute atomic E-state index is 0.0698. The van der Waals surface area contributed by atoms with Gasteiger partial charge in [-0.3, -0.25) is 9.48 Å². The van der Waals surface area contributed by atoms with Gasteiger partial charge in [0.2, 0.25) is 0 Å². The Morgan fingerprint density at radius 1 is 1.50 bits per heavy atom. The second-order valence-electron chi connectivity index (χ2n) is 6.03. The number of carbonyl (C=O) groups excluding carboxylic acids is 1. The quantitative estimate of drug-likeness (QED) is 0.843. The topological polar surface area (TPSA) is 95.9 Å². The third kappa shape index (κ3) is 4.01. The Kier molecular flexibility index (Phi) is 4.93. The monoisotopic (exact) mass is 330 g/mol. The van der Waals surface area contributed by atoms with E-state index in [9.17, 15) is 9.59 Å². The molecule has 1 saturated heterocycles. The van der Waals surface area contributed by atoms with Crippen LogP contribution in [-0.4, -0.2) is 49.8 Å². The SMILES string of the molecule is Cc1cc(=O)[nH]c(CCNC(=O)N2CCC[C@H]2Cn2cccn2)n1. The predicted octanol–water partition coefficient (Wildman–Crippen LogP) is 0.692. The van der Waals surface area contributed by atoms with E-state index < -0.39 is 0 Å². The lowest BCUT2D eigenvalue weighted by Gasteiger charge is -2.25. The number of aromatic amines is 1. The second kappa shape index (κ2) is 7.29. The number of amides is 2. The number of nitrogens with zero attached hydrogens (tertiary/aromatic N) is 4. The van der Waals surface area contributed by atoms with Crippen molar-refractivity contribution in [3.8, 4) is 0 Å². The standard InChI is InChI=1S/C16H22N6O2/c1-12-10-15(23)20-14(19-12)5-7-17-16(24)22-9-2-4-13(22)11-21-8-3-6-18-21/h3,6,8,10,13H,2,4-5,7,9,11H2,1H3,(H,17,24)(H,19,20,23)/t13-/m0/s1. The number of rotatable bonds is 5. The number of aryl methyl sites for hydroxylation is 1. The third-order valence-electron chi connectivity index (χ3n) is 4.15. The van der Waals surface area contributed by atoms with Crippen LogP contribution in [0.4, 0.5) is 4.79 Å². The van der Waals surface area contributed by atoms with E-state index in [0.717, 1.165) is 19.4 Å². The van der Waals surface area contributed by atoms with Crippen molar-refractivity contribution in [3.05, 3.63) is 46.4 Å². The molecular weight excluding hydrogens is 308 g/mol. The molecular formula is C16H22N6O2. The number of hydrogen-bond acceptors (Lipinski definition) is 4. The van der Waals surface area contributed by atoms with E-state index in [-0.39, 0.29) is 17.6 Å². The highest BCUT2D eigenvalue weighted by Crippen LogP contribution is 2.18. The third-order valence-corrected chi connectivity index (χ3v) is 4.15. The van der Waals surface area contributed by atoms with Gasteiger partial charge in [0, 0.05) is 43.7 Å². The van der Waals surface area contributed by atoms with Crippen LogP contribution in [0, 0.1) is 6.92 Å².